The highest BCUT2D eigenvalue weighted by Gasteiger charge is 2.03. The summed E-state index contributed by atoms with van der Waals surface area (Å²) in [7, 11) is 0. The van der Waals surface area contributed by atoms with Crippen molar-refractivity contribution >= 4 is 39.9 Å². The number of anilines is 1. The maximum atomic E-state index is 11.9. The SMILES string of the molecule is Cc1cc(=O)[nH]c2cc(NC(=O)/C=C\c3cccs3)ccc12. The standard InChI is InChI=1S/C17H14N2O2S/c1-11-9-17(21)19-15-10-12(4-6-14(11)15)18-16(20)7-5-13-3-2-8-22-13/h2-10H,1H3,(H,18,20)(H,19,21)/b7-5-. The molecule has 2 heterocycles. The van der Waals surface area contributed by atoms with Gasteiger partial charge in [0.1, 0.15) is 0 Å². The van der Waals surface area contributed by atoms with Gasteiger partial charge in [0.2, 0.25) is 11.5 Å². The van der Waals surface area contributed by atoms with Gasteiger partial charge in [-0.3, -0.25) is 9.59 Å². The lowest BCUT2D eigenvalue weighted by atomic mass is 10.1. The molecule has 0 saturated heterocycles. The van der Waals surface area contributed by atoms with E-state index in [0.29, 0.717) is 11.2 Å². The van der Waals surface area contributed by atoms with Crippen LogP contribution in [-0.2, 0) is 4.79 Å². The molecule has 5 heteroatoms. The first kappa shape index (κ1) is 14.3. The van der Waals surface area contributed by atoms with Gasteiger partial charge in [-0.25, -0.2) is 0 Å². The van der Waals surface area contributed by atoms with Crippen molar-refractivity contribution in [1.29, 1.82) is 0 Å². The summed E-state index contributed by atoms with van der Waals surface area (Å²) in [6.45, 7) is 1.89. The fraction of sp³-hybridized carbons (Fsp3) is 0.0588. The summed E-state index contributed by atoms with van der Waals surface area (Å²) in [6.07, 6.45) is 3.27. The zero-order valence-corrected chi connectivity index (χ0v) is 12.7. The van der Waals surface area contributed by atoms with Crippen LogP contribution < -0.4 is 10.9 Å². The van der Waals surface area contributed by atoms with E-state index >= 15 is 0 Å². The molecule has 22 heavy (non-hydrogen) atoms. The third kappa shape index (κ3) is 3.15. The third-order valence-electron chi connectivity index (χ3n) is 3.26. The molecule has 4 nitrogen and oxygen atoms in total. The Kier molecular flexibility index (Phi) is 3.89. The van der Waals surface area contributed by atoms with Crippen LogP contribution >= 0.6 is 11.3 Å². The molecule has 2 N–H and O–H groups in total. The van der Waals surface area contributed by atoms with Gasteiger partial charge in [-0.15, -0.1) is 11.3 Å². The molecule has 1 aromatic carbocycles. The zero-order chi connectivity index (χ0) is 15.5. The topological polar surface area (TPSA) is 62.0 Å². The number of amides is 1. The van der Waals surface area contributed by atoms with Crippen LogP contribution in [0.5, 0.6) is 0 Å². The van der Waals surface area contributed by atoms with E-state index in [4.69, 9.17) is 0 Å². The van der Waals surface area contributed by atoms with Crippen molar-refractivity contribution in [2.24, 2.45) is 0 Å². The summed E-state index contributed by atoms with van der Waals surface area (Å²) in [5.41, 5.74) is 2.12. The molecule has 0 spiro atoms. The lowest BCUT2D eigenvalue weighted by molar-refractivity contribution is -0.111. The number of H-pyrrole nitrogens is 1. The van der Waals surface area contributed by atoms with Gasteiger partial charge in [-0.1, -0.05) is 12.1 Å². The number of nitrogens with one attached hydrogen (secondary N) is 2. The van der Waals surface area contributed by atoms with Crippen LogP contribution in [0.25, 0.3) is 17.0 Å². The minimum Gasteiger partial charge on any atom is -0.322 e. The molecule has 0 unspecified atom stereocenters. The number of fused-ring (bicyclic) bond motifs is 1. The van der Waals surface area contributed by atoms with Gasteiger partial charge in [-0.05, 0) is 42.1 Å². The van der Waals surface area contributed by atoms with Crippen LogP contribution in [0.4, 0.5) is 5.69 Å². The molecule has 110 valence electrons. The molecule has 1 amide bonds. The van der Waals surface area contributed by atoms with E-state index in [1.165, 1.54) is 6.08 Å². The second kappa shape index (κ2) is 5.99. The third-order valence-corrected chi connectivity index (χ3v) is 4.10. The molecule has 0 aliphatic heterocycles. The van der Waals surface area contributed by atoms with Crippen LogP contribution in [0.2, 0.25) is 0 Å². The van der Waals surface area contributed by atoms with Crippen LogP contribution in [0.3, 0.4) is 0 Å². The zero-order valence-electron chi connectivity index (χ0n) is 11.9. The summed E-state index contributed by atoms with van der Waals surface area (Å²) in [6, 6.07) is 10.9. The number of carbonyl (C=O) groups excluding carboxylic acids is 1. The number of aryl methyl sites for hydroxylation is 1. The number of hydrogen-bond acceptors (Lipinski definition) is 3. The summed E-state index contributed by atoms with van der Waals surface area (Å²) < 4.78 is 0. The molecule has 2 aromatic heterocycles. The summed E-state index contributed by atoms with van der Waals surface area (Å²) in [4.78, 5) is 27.2. The number of rotatable bonds is 3. The van der Waals surface area contributed by atoms with E-state index in [9.17, 15) is 9.59 Å². The first-order chi connectivity index (χ1) is 10.6. The van der Waals surface area contributed by atoms with Crippen molar-refractivity contribution < 1.29 is 4.79 Å². The minimum absolute atomic E-state index is 0.147. The van der Waals surface area contributed by atoms with Crippen molar-refractivity contribution in [3.05, 3.63) is 68.6 Å². The number of aromatic amines is 1. The summed E-state index contributed by atoms with van der Waals surface area (Å²) >= 11 is 1.57. The van der Waals surface area contributed by atoms with E-state index < -0.39 is 0 Å². The molecule has 0 bridgehead atoms. The minimum atomic E-state index is -0.206. The quantitative estimate of drug-likeness (QED) is 0.727. The Morgan fingerprint density at radius 1 is 1.27 bits per heavy atom. The van der Waals surface area contributed by atoms with Gasteiger partial charge in [0, 0.05) is 28.1 Å². The van der Waals surface area contributed by atoms with Gasteiger partial charge in [0.05, 0.1) is 5.52 Å². The molecule has 0 aliphatic carbocycles. The van der Waals surface area contributed by atoms with Gasteiger partial charge < -0.3 is 10.3 Å². The van der Waals surface area contributed by atoms with Crippen LogP contribution in [0.1, 0.15) is 10.4 Å². The molecular formula is C17H14N2O2S. The van der Waals surface area contributed by atoms with Crippen LogP contribution in [0.15, 0.2) is 52.6 Å². The maximum absolute atomic E-state index is 11.9. The maximum Gasteiger partial charge on any atom is 0.248 e. The van der Waals surface area contributed by atoms with Gasteiger partial charge in [-0.2, -0.15) is 0 Å². The van der Waals surface area contributed by atoms with E-state index in [0.717, 1.165) is 15.8 Å². The molecule has 3 rings (SSSR count). The van der Waals surface area contributed by atoms with Crippen molar-refractivity contribution in [3.63, 3.8) is 0 Å². The first-order valence-electron chi connectivity index (χ1n) is 6.78. The molecule has 0 atom stereocenters. The van der Waals surface area contributed by atoms with Gasteiger partial charge in [0.25, 0.3) is 0 Å². The Morgan fingerprint density at radius 2 is 2.14 bits per heavy atom. The van der Waals surface area contributed by atoms with Crippen LogP contribution in [0, 0.1) is 6.92 Å². The number of carbonyl (C=O) groups is 1. The predicted molar refractivity (Wildman–Crippen MR) is 91.3 cm³/mol. The van der Waals surface area contributed by atoms with Crippen molar-refractivity contribution in [2.45, 2.75) is 6.92 Å². The Morgan fingerprint density at radius 3 is 2.91 bits per heavy atom. The van der Waals surface area contributed by atoms with E-state index in [2.05, 4.69) is 10.3 Å². The highest BCUT2D eigenvalue weighted by Crippen LogP contribution is 2.19. The molecule has 0 fully saturated rings. The monoisotopic (exact) mass is 310 g/mol. The second-order valence-corrected chi connectivity index (χ2v) is 5.89. The molecule has 0 saturated carbocycles. The van der Waals surface area contributed by atoms with E-state index in [-0.39, 0.29) is 11.5 Å². The number of aromatic nitrogens is 1. The van der Waals surface area contributed by atoms with Crippen molar-refractivity contribution in [1.82, 2.24) is 4.98 Å². The first-order valence-corrected chi connectivity index (χ1v) is 7.66. The Hall–Kier alpha value is -2.66. The van der Waals surface area contributed by atoms with Gasteiger partial charge in [0.15, 0.2) is 0 Å². The fourth-order valence-electron chi connectivity index (χ4n) is 2.24. The molecular weight excluding hydrogens is 296 g/mol. The number of hydrogen-bond donors (Lipinski definition) is 2. The highest BCUT2D eigenvalue weighted by atomic mass is 32.1. The molecule has 0 aliphatic rings. The normalized spacial score (nSPS) is 11.1. The average molecular weight is 310 g/mol. The number of pyridine rings is 1. The predicted octanol–water partition coefficient (Wildman–Crippen LogP) is 3.55. The molecule has 3 aromatic rings. The Labute approximate surface area is 131 Å². The van der Waals surface area contributed by atoms with Gasteiger partial charge >= 0.3 is 0 Å². The second-order valence-electron chi connectivity index (χ2n) is 4.91. The van der Waals surface area contributed by atoms with Crippen molar-refractivity contribution in [2.75, 3.05) is 5.32 Å². The lowest BCUT2D eigenvalue weighted by Gasteiger charge is -2.06. The lowest BCUT2D eigenvalue weighted by Crippen LogP contribution is -2.09. The number of benzene rings is 1. The summed E-state index contributed by atoms with van der Waals surface area (Å²) in [5.74, 6) is -0.206. The fourth-order valence-corrected chi connectivity index (χ4v) is 2.86. The summed E-state index contributed by atoms with van der Waals surface area (Å²) in [5, 5.41) is 5.71. The van der Waals surface area contributed by atoms with Crippen LogP contribution in [-0.4, -0.2) is 10.9 Å². The number of thiophene rings is 1. The van der Waals surface area contributed by atoms with E-state index in [1.54, 1.807) is 29.5 Å². The van der Waals surface area contributed by atoms with Crippen molar-refractivity contribution in [3.8, 4) is 0 Å². The smallest absolute Gasteiger partial charge is 0.248 e. The highest BCUT2D eigenvalue weighted by molar-refractivity contribution is 7.10. The largest absolute Gasteiger partial charge is 0.322 e. The average Bonchev–Trinajstić information content (AvgIpc) is 2.98. The Balaban J connectivity index is 1.82. The van der Waals surface area contributed by atoms with E-state index in [1.807, 2.05) is 36.6 Å². The Bertz CT molecular complexity index is 908. The molecule has 0 radical (unpaired) electrons.